The van der Waals surface area contributed by atoms with Crippen LogP contribution in [-0.4, -0.2) is 36.9 Å². The predicted molar refractivity (Wildman–Crippen MR) is 119 cm³/mol. The summed E-state index contributed by atoms with van der Waals surface area (Å²) in [6.07, 6.45) is 1.93. The number of benzene rings is 2. The first-order chi connectivity index (χ1) is 14.4. The summed E-state index contributed by atoms with van der Waals surface area (Å²) in [6.45, 7) is 3.65. The first kappa shape index (κ1) is 20.8. The number of carbonyl (C=O) groups is 2. The number of hydrogen-bond acceptors (Lipinski definition) is 4. The fraction of sp³-hybridized carbons (Fsp3) is 0.304. The molecule has 0 N–H and O–H groups in total. The zero-order chi connectivity index (χ0) is 21.4. The number of imide groups is 1. The van der Waals surface area contributed by atoms with Crippen molar-refractivity contribution >= 4 is 46.3 Å². The Morgan fingerprint density at radius 1 is 0.967 bits per heavy atom. The Morgan fingerprint density at radius 3 is 2.23 bits per heavy atom. The quantitative estimate of drug-likeness (QED) is 0.621. The molecular weight excluding hydrogens is 423 g/mol. The summed E-state index contributed by atoms with van der Waals surface area (Å²) >= 11 is 12.5. The number of piperidine rings is 1. The number of methoxy groups -OCH3 is 1. The number of nitrogens with zero attached hydrogens (tertiary/aromatic N) is 2. The molecule has 156 valence electrons. The molecule has 2 aliphatic rings. The number of ether oxygens (including phenoxy) is 1. The van der Waals surface area contributed by atoms with Crippen molar-refractivity contribution < 1.29 is 14.3 Å². The van der Waals surface area contributed by atoms with Crippen LogP contribution in [0.15, 0.2) is 48.2 Å². The summed E-state index contributed by atoms with van der Waals surface area (Å²) in [5.41, 5.74) is 1.75. The van der Waals surface area contributed by atoms with E-state index < -0.39 is 0 Å². The zero-order valence-corrected chi connectivity index (χ0v) is 18.3. The summed E-state index contributed by atoms with van der Waals surface area (Å²) in [7, 11) is 1.57. The average Bonchev–Trinajstić information content (AvgIpc) is 2.99. The molecule has 2 amide bonds. The van der Waals surface area contributed by atoms with Gasteiger partial charge in [-0.2, -0.15) is 0 Å². The van der Waals surface area contributed by atoms with E-state index in [-0.39, 0.29) is 11.8 Å². The minimum atomic E-state index is -0.386. The molecule has 5 nitrogen and oxygen atoms in total. The normalized spacial score (nSPS) is 17.9. The van der Waals surface area contributed by atoms with Crippen molar-refractivity contribution in [3.8, 4) is 5.75 Å². The van der Waals surface area contributed by atoms with E-state index in [1.807, 2.05) is 4.90 Å². The van der Waals surface area contributed by atoms with E-state index >= 15 is 0 Å². The number of rotatable bonds is 4. The van der Waals surface area contributed by atoms with Crippen LogP contribution < -0.4 is 9.64 Å². The van der Waals surface area contributed by atoms with Crippen molar-refractivity contribution in [1.29, 1.82) is 0 Å². The van der Waals surface area contributed by atoms with Gasteiger partial charge in [0.2, 0.25) is 0 Å². The van der Waals surface area contributed by atoms with Gasteiger partial charge in [0, 0.05) is 23.7 Å². The fourth-order valence-electron chi connectivity index (χ4n) is 3.94. The monoisotopic (exact) mass is 444 g/mol. The maximum atomic E-state index is 13.5. The van der Waals surface area contributed by atoms with Crippen molar-refractivity contribution in [2.24, 2.45) is 5.92 Å². The minimum Gasteiger partial charge on any atom is -0.497 e. The van der Waals surface area contributed by atoms with Crippen molar-refractivity contribution in [3.63, 3.8) is 0 Å². The van der Waals surface area contributed by atoms with Crippen LogP contribution in [0.2, 0.25) is 10.0 Å². The van der Waals surface area contributed by atoms with Gasteiger partial charge in [0.05, 0.1) is 23.4 Å². The van der Waals surface area contributed by atoms with E-state index in [0.29, 0.717) is 44.2 Å². The van der Waals surface area contributed by atoms with Crippen molar-refractivity contribution in [2.45, 2.75) is 19.8 Å². The third-order valence-corrected chi connectivity index (χ3v) is 6.24. The molecule has 0 saturated carbocycles. The molecule has 0 unspecified atom stereocenters. The summed E-state index contributed by atoms with van der Waals surface area (Å²) in [6, 6.07) is 11.8. The van der Waals surface area contributed by atoms with E-state index in [1.165, 1.54) is 4.90 Å². The van der Waals surface area contributed by atoms with Gasteiger partial charge in [-0.05, 0) is 55.2 Å². The lowest BCUT2D eigenvalue weighted by atomic mass is 9.97. The van der Waals surface area contributed by atoms with E-state index in [4.69, 9.17) is 27.9 Å². The molecule has 2 aromatic rings. The second-order valence-corrected chi connectivity index (χ2v) is 8.50. The molecule has 30 heavy (non-hydrogen) atoms. The highest BCUT2D eigenvalue weighted by atomic mass is 35.5. The molecule has 0 aromatic heterocycles. The molecule has 1 fully saturated rings. The first-order valence-corrected chi connectivity index (χ1v) is 10.6. The lowest BCUT2D eigenvalue weighted by Crippen LogP contribution is -2.38. The van der Waals surface area contributed by atoms with Crippen LogP contribution in [0.3, 0.4) is 0 Å². The SMILES string of the molecule is COc1ccc(N2C(=O)C(c3ccc(Cl)cc3Cl)=C(N3CCC(C)CC3)C2=O)cc1. The summed E-state index contributed by atoms with van der Waals surface area (Å²) in [5.74, 6) is 0.523. The number of halogens is 2. The Morgan fingerprint density at radius 2 is 1.63 bits per heavy atom. The van der Waals surface area contributed by atoms with Crippen molar-refractivity contribution in [1.82, 2.24) is 4.90 Å². The largest absolute Gasteiger partial charge is 0.497 e. The van der Waals surface area contributed by atoms with Crippen LogP contribution >= 0.6 is 23.2 Å². The van der Waals surface area contributed by atoms with Crippen LogP contribution in [-0.2, 0) is 9.59 Å². The van der Waals surface area contributed by atoms with Gasteiger partial charge >= 0.3 is 0 Å². The number of anilines is 1. The maximum Gasteiger partial charge on any atom is 0.282 e. The van der Waals surface area contributed by atoms with Crippen LogP contribution in [0.4, 0.5) is 5.69 Å². The molecule has 0 aliphatic carbocycles. The van der Waals surface area contributed by atoms with Gasteiger partial charge in [0.1, 0.15) is 11.4 Å². The molecule has 1 saturated heterocycles. The highest BCUT2D eigenvalue weighted by Crippen LogP contribution is 2.39. The Kier molecular flexibility index (Phi) is 5.76. The van der Waals surface area contributed by atoms with Crippen LogP contribution in [0, 0.1) is 5.92 Å². The molecule has 0 radical (unpaired) electrons. The third-order valence-electron chi connectivity index (χ3n) is 5.69. The maximum absolute atomic E-state index is 13.5. The standard InChI is InChI=1S/C23H22Cl2N2O3/c1-14-9-11-26(12-10-14)21-20(18-8-3-15(24)13-19(18)25)22(28)27(23(21)29)16-4-6-17(30-2)7-5-16/h3-8,13-14H,9-12H2,1-2H3. The number of carbonyl (C=O) groups excluding carboxylic acids is 2. The van der Waals surface area contributed by atoms with Gasteiger partial charge < -0.3 is 9.64 Å². The smallest absolute Gasteiger partial charge is 0.282 e. The summed E-state index contributed by atoms with van der Waals surface area (Å²) < 4.78 is 5.19. The molecule has 0 spiro atoms. The molecule has 2 aromatic carbocycles. The molecule has 2 aliphatic heterocycles. The molecule has 0 bridgehead atoms. The van der Waals surface area contributed by atoms with Gasteiger partial charge in [0.15, 0.2) is 0 Å². The molecule has 2 heterocycles. The van der Waals surface area contributed by atoms with Crippen molar-refractivity contribution in [3.05, 3.63) is 63.8 Å². The van der Waals surface area contributed by atoms with E-state index in [9.17, 15) is 9.59 Å². The predicted octanol–water partition coefficient (Wildman–Crippen LogP) is 5.02. The van der Waals surface area contributed by atoms with Gasteiger partial charge in [-0.1, -0.05) is 36.2 Å². The fourth-order valence-corrected chi connectivity index (χ4v) is 4.45. The highest BCUT2D eigenvalue weighted by Gasteiger charge is 2.43. The number of hydrogen-bond donors (Lipinski definition) is 0. The van der Waals surface area contributed by atoms with Crippen LogP contribution in [0.25, 0.3) is 5.57 Å². The molecule has 4 rings (SSSR count). The summed E-state index contributed by atoms with van der Waals surface area (Å²) in [5, 5.41) is 0.819. The number of likely N-dealkylation sites (tertiary alicyclic amines) is 1. The van der Waals surface area contributed by atoms with Gasteiger partial charge in [0.25, 0.3) is 11.8 Å². The van der Waals surface area contributed by atoms with Crippen molar-refractivity contribution in [2.75, 3.05) is 25.1 Å². The van der Waals surface area contributed by atoms with E-state index in [2.05, 4.69) is 6.92 Å². The van der Waals surface area contributed by atoms with Gasteiger partial charge in [-0.25, -0.2) is 4.90 Å². The van der Waals surface area contributed by atoms with E-state index in [0.717, 1.165) is 25.9 Å². The third kappa shape index (κ3) is 3.68. The Balaban J connectivity index is 1.81. The molecular formula is C23H22Cl2N2O3. The average molecular weight is 445 g/mol. The summed E-state index contributed by atoms with van der Waals surface area (Å²) in [4.78, 5) is 30.3. The lowest BCUT2D eigenvalue weighted by Gasteiger charge is -2.32. The minimum absolute atomic E-state index is 0.326. The van der Waals surface area contributed by atoms with Crippen LogP contribution in [0.5, 0.6) is 5.75 Å². The Bertz CT molecular complexity index is 1030. The topological polar surface area (TPSA) is 49.9 Å². The Hall–Kier alpha value is -2.50. The molecule has 7 heteroatoms. The lowest BCUT2D eigenvalue weighted by molar-refractivity contribution is -0.120. The van der Waals surface area contributed by atoms with Crippen LogP contribution in [0.1, 0.15) is 25.3 Å². The highest BCUT2D eigenvalue weighted by molar-refractivity contribution is 6.47. The Labute approximate surface area is 185 Å². The zero-order valence-electron chi connectivity index (χ0n) is 16.8. The van der Waals surface area contributed by atoms with E-state index in [1.54, 1.807) is 49.6 Å². The second kappa shape index (κ2) is 8.32. The second-order valence-electron chi connectivity index (χ2n) is 7.66. The van der Waals surface area contributed by atoms with Gasteiger partial charge in [-0.15, -0.1) is 0 Å². The number of amides is 2. The van der Waals surface area contributed by atoms with Gasteiger partial charge in [-0.3, -0.25) is 9.59 Å². The molecule has 0 atom stereocenters. The first-order valence-electron chi connectivity index (χ1n) is 9.88.